The van der Waals surface area contributed by atoms with Crippen LogP contribution in [0.5, 0.6) is 0 Å². The first-order valence-electron chi connectivity index (χ1n) is 5.62. The molecule has 2 aliphatic carbocycles. The first kappa shape index (κ1) is 9.47. The molecule has 2 nitrogen and oxygen atoms in total. The van der Waals surface area contributed by atoms with Gasteiger partial charge in [-0.1, -0.05) is 12.8 Å². The summed E-state index contributed by atoms with van der Waals surface area (Å²) < 4.78 is 5.81. The van der Waals surface area contributed by atoms with Gasteiger partial charge in [0, 0.05) is 18.1 Å². The minimum Gasteiger partial charge on any atom is -0.378 e. The molecule has 0 unspecified atom stereocenters. The third-order valence-corrected chi connectivity index (χ3v) is 4.04. The van der Waals surface area contributed by atoms with Crippen LogP contribution in [0.2, 0.25) is 0 Å². The SMILES string of the molecule is CCO[C@@H]1C[C@H](NC)C12CCCC2. The molecule has 0 aromatic carbocycles. The van der Waals surface area contributed by atoms with E-state index in [1.54, 1.807) is 0 Å². The summed E-state index contributed by atoms with van der Waals surface area (Å²) in [6.45, 7) is 2.98. The maximum absolute atomic E-state index is 5.81. The van der Waals surface area contributed by atoms with Crippen molar-refractivity contribution in [2.45, 2.75) is 51.2 Å². The van der Waals surface area contributed by atoms with Crippen LogP contribution >= 0.6 is 0 Å². The molecule has 2 atom stereocenters. The molecule has 13 heavy (non-hydrogen) atoms. The van der Waals surface area contributed by atoms with E-state index in [-0.39, 0.29) is 0 Å². The maximum atomic E-state index is 5.81. The summed E-state index contributed by atoms with van der Waals surface area (Å²) in [5, 5.41) is 3.44. The average Bonchev–Trinajstić information content (AvgIpc) is 2.62. The van der Waals surface area contributed by atoms with Gasteiger partial charge in [0.1, 0.15) is 0 Å². The summed E-state index contributed by atoms with van der Waals surface area (Å²) in [6, 6.07) is 0.728. The minimum absolute atomic E-state index is 0.519. The summed E-state index contributed by atoms with van der Waals surface area (Å²) in [6.07, 6.45) is 7.35. The van der Waals surface area contributed by atoms with E-state index in [1.165, 1.54) is 32.1 Å². The molecule has 2 heteroatoms. The molecular formula is C11H21NO. The van der Waals surface area contributed by atoms with Crippen molar-refractivity contribution in [1.29, 1.82) is 0 Å². The minimum atomic E-state index is 0.519. The van der Waals surface area contributed by atoms with Gasteiger partial charge in [-0.05, 0) is 33.2 Å². The molecule has 2 fully saturated rings. The van der Waals surface area contributed by atoms with Crippen molar-refractivity contribution >= 4 is 0 Å². The van der Waals surface area contributed by atoms with Crippen LogP contribution < -0.4 is 5.32 Å². The van der Waals surface area contributed by atoms with E-state index in [4.69, 9.17) is 4.74 Å². The normalized spacial score (nSPS) is 36.5. The van der Waals surface area contributed by atoms with Gasteiger partial charge < -0.3 is 10.1 Å². The van der Waals surface area contributed by atoms with Crippen LogP contribution in [-0.4, -0.2) is 25.8 Å². The molecular weight excluding hydrogens is 162 g/mol. The summed E-state index contributed by atoms with van der Waals surface area (Å²) in [5.41, 5.74) is 0.519. The van der Waals surface area contributed by atoms with E-state index < -0.39 is 0 Å². The highest BCUT2D eigenvalue weighted by Gasteiger charge is 2.55. The van der Waals surface area contributed by atoms with E-state index in [0.717, 1.165) is 12.6 Å². The van der Waals surface area contributed by atoms with Gasteiger partial charge in [0.05, 0.1) is 6.10 Å². The number of nitrogens with one attached hydrogen (secondary N) is 1. The van der Waals surface area contributed by atoms with Crippen LogP contribution in [0.4, 0.5) is 0 Å². The van der Waals surface area contributed by atoms with Gasteiger partial charge in [-0.15, -0.1) is 0 Å². The standard InChI is InChI=1S/C11H21NO/c1-3-13-10-8-9(12-2)11(10)6-4-5-7-11/h9-10,12H,3-8H2,1-2H3/t9-,10+/m0/s1. The molecule has 1 spiro atoms. The number of ether oxygens (including phenoxy) is 1. The highest BCUT2D eigenvalue weighted by atomic mass is 16.5. The van der Waals surface area contributed by atoms with Gasteiger partial charge in [-0.2, -0.15) is 0 Å². The number of rotatable bonds is 3. The lowest BCUT2D eigenvalue weighted by atomic mass is 9.60. The molecule has 0 aromatic rings. The molecule has 0 heterocycles. The van der Waals surface area contributed by atoms with Crippen LogP contribution in [0.15, 0.2) is 0 Å². The van der Waals surface area contributed by atoms with Crippen LogP contribution in [0.25, 0.3) is 0 Å². The Hall–Kier alpha value is -0.0800. The predicted molar refractivity (Wildman–Crippen MR) is 53.8 cm³/mol. The molecule has 0 saturated heterocycles. The lowest BCUT2D eigenvalue weighted by molar-refractivity contribution is -0.128. The smallest absolute Gasteiger partial charge is 0.0661 e. The van der Waals surface area contributed by atoms with Gasteiger partial charge in [0.15, 0.2) is 0 Å². The molecule has 2 saturated carbocycles. The van der Waals surface area contributed by atoms with Crippen LogP contribution in [0, 0.1) is 5.41 Å². The fourth-order valence-electron chi connectivity index (χ4n) is 3.29. The Labute approximate surface area is 81.0 Å². The zero-order valence-corrected chi connectivity index (χ0v) is 8.81. The second-order valence-electron chi connectivity index (χ2n) is 4.46. The molecule has 2 aliphatic rings. The quantitative estimate of drug-likeness (QED) is 0.722. The summed E-state index contributed by atoms with van der Waals surface area (Å²) in [4.78, 5) is 0. The zero-order chi connectivity index (χ0) is 9.31. The Morgan fingerprint density at radius 3 is 2.62 bits per heavy atom. The molecule has 0 aromatic heterocycles. The van der Waals surface area contributed by atoms with Crippen LogP contribution in [0.3, 0.4) is 0 Å². The summed E-state index contributed by atoms with van der Waals surface area (Å²) >= 11 is 0. The van der Waals surface area contributed by atoms with Crippen LogP contribution in [-0.2, 0) is 4.74 Å². The Morgan fingerprint density at radius 1 is 1.38 bits per heavy atom. The fraction of sp³-hybridized carbons (Fsp3) is 1.00. The second kappa shape index (κ2) is 3.58. The number of hydrogen-bond acceptors (Lipinski definition) is 2. The topological polar surface area (TPSA) is 21.3 Å². The van der Waals surface area contributed by atoms with E-state index in [9.17, 15) is 0 Å². The van der Waals surface area contributed by atoms with Crippen molar-refractivity contribution < 1.29 is 4.74 Å². The van der Waals surface area contributed by atoms with E-state index in [2.05, 4.69) is 19.3 Å². The summed E-state index contributed by atoms with van der Waals surface area (Å²) in [5.74, 6) is 0. The highest BCUT2D eigenvalue weighted by molar-refractivity contribution is 5.09. The lowest BCUT2D eigenvalue weighted by Crippen LogP contribution is -2.61. The second-order valence-corrected chi connectivity index (χ2v) is 4.46. The van der Waals surface area contributed by atoms with Crippen molar-refractivity contribution in [3.63, 3.8) is 0 Å². The monoisotopic (exact) mass is 183 g/mol. The van der Waals surface area contributed by atoms with E-state index in [1.807, 2.05) is 0 Å². The van der Waals surface area contributed by atoms with Gasteiger partial charge in [0.25, 0.3) is 0 Å². The lowest BCUT2D eigenvalue weighted by Gasteiger charge is -2.54. The molecule has 0 bridgehead atoms. The van der Waals surface area contributed by atoms with E-state index in [0.29, 0.717) is 11.5 Å². The van der Waals surface area contributed by atoms with Gasteiger partial charge >= 0.3 is 0 Å². The average molecular weight is 183 g/mol. The fourth-order valence-corrected chi connectivity index (χ4v) is 3.29. The van der Waals surface area contributed by atoms with Gasteiger partial charge in [0.2, 0.25) is 0 Å². The van der Waals surface area contributed by atoms with E-state index >= 15 is 0 Å². The Kier molecular flexibility index (Phi) is 2.61. The third kappa shape index (κ3) is 1.31. The summed E-state index contributed by atoms with van der Waals surface area (Å²) in [7, 11) is 2.09. The Morgan fingerprint density at radius 2 is 2.08 bits per heavy atom. The maximum Gasteiger partial charge on any atom is 0.0661 e. The predicted octanol–water partition coefficient (Wildman–Crippen LogP) is 1.94. The molecule has 76 valence electrons. The Bertz CT molecular complexity index is 175. The third-order valence-electron chi connectivity index (χ3n) is 4.04. The first-order chi connectivity index (χ1) is 6.33. The van der Waals surface area contributed by atoms with Gasteiger partial charge in [-0.3, -0.25) is 0 Å². The van der Waals surface area contributed by atoms with Crippen molar-refractivity contribution in [3.05, 3.63) is 0 Å². The zero-order valence-electron chi connectivity index (χ0n) is 8.81. The van der Waals surface area contributed by atoms with Crippen molar-refractivity contribution in [2.75, 3.05) is 13.7 Å². The van der Waals surface area contributed by atoms with Crippen molar-refractivity contribution in [2.24, 2.45) is 5.41 Å². The van der Waals surface area contributed by atoms with Crippen LogP contribution in [0.1, 0.15) is 39.0 Å². The number of hydrogen-bond donors (Lipinski definition) is 1. The molecule has 0 radical (unpaired) electrons. The largest absolute Gasteiger partial charge is 0.378 e. The molecule has 0 amide bonds. The molecule has 2 rings (SSSR count). The van der Waals surface area contributed by atoms with Crippen molar-refractivity contribution in [3.8, 4) is 0 Å². The first-order valence-corrected chi connectivity index (χ1v) is 5.62. The molecule has 0 aliphatic heterocycles. The Balaban J connectivity index is 2.01. The van der Waals surface area contributed by atoms with Gasteiger partial charge in [-0.25, -0.2) is 0 Å². The highest BCUT2D eigenvalue weighted by Crippen LogP contribution is 2.54. The van der Waals surface area contributed by atoms with Crippen molar-refractivity contribution in [1.82, 2.24) is 5.32 Å². The molecule has 1 N–H and O–H groups in total.